The van der Waals surface area contributed by atoms with Gasteiger partial charge < -0.3 is 0 Å². The average molecular weight is 417 g/mol. The number of fused-ring (bicyclic) bond motifs is 9. The van der Waals surface area contributed by atoms with E-state index in [1.165, 1.54) is 50.1 Å². The molecule has 0 aromatic heterocycles. The van der Waals surface area contributed by atoms with E-state index in [1.807, 2.05) is 0 Å². The molecule has 0 nitrogen and oxygen atoms in total. The molecule has 32 heavy (non-hydrogen) atoms. The van der Waals surface area contributed by atoms with Crippen molar-refractivity contribution >= 4 is 5.57 Å². The standard InChI is InChI=1S/C32H32/c1-30(2,3)20-14-16-24-25-17-15-21(31(4,5)6)19-29(25)32(28(24)18-20)26-12-8-7-10-22(26)23-11-9-13-27(23)32/h7-12,14-19H,13H2,1-6H3. The summed E-state index contributed by atoms with van der Waals surface area (Å²) >= 11 is 0. The summed E-state index contributed by atoms with van der Waals surface area (Å²) in [7, 11) is 0. The molecule has 0 amide bonds. The van der Waals surface area contributed by atoms with Gasteiger partial charge in [-0.2, -0.15) is 0 Å². The molecule has 0 saturated heterocycles. The Kier molecular flexibility index (Phi) is 3.79. The predicted octanol–water partition coefficient (Wildman–Crippen LogP) is 8.32. The molecule has 0 fully saturated rings. The van der Waals surface area contributed by atoms with Crippen LogP contribution in [-0.2, 0) is 16.2 Å². The van der Waals surface area contributed by atoms with Gasteiger partial charge in [0.05, 0.1) is 5.41 Å². The van der Waals surface area contributed by atoms with Crippen LogP contribution in [-0.4, -0.2) is 0 Å². The van der Waals surface area contributed by atoms with Crippen molar-refractivity contribution in [2.24, 2.45) is 0 Å². The topological polar surface area (TPSA) is 0 Å². The zero-order valence-electron chi connectivity index (χ0n) is 20.1. The molecule has 0 unspecified atom stereocenters. The predicted molar refractivity (Wildman–Crippen MR) is 136 cm³/mol. The highest BCUT2D eigenvalue weighted by molar-refractivity contribution is 5.98. The molecule has 6 rings (SSSR count). The van der Waals surface area contributed by atoms with Gasteiger partial charge in [-0.05, 0) is 72.9 Å². The molecule has 0 aliphatic heterocycles. The van der Waals surface area contributed by atoms with E-state index in [0.717, 1.165) is 6.42 Å². The highest BCUT2D eigenvalue weighted by atomic mass is 14.5. The second-order valence-electron chi connectivity index (χ2n) is 11.8. The first-order chi connectivity index (χ1) is 15.1. The molecular weight excluding hydrogens is 384 g/mol. The molecule has 0 heteroatoms. The van der Waals surface area contributed by atoms with Gasteiger partial charge >= 0.3 is 0 Å². The number of allylic oxidation sites excluding steroid dienone is 4. The maximum Gasteiger partial charge on any atom is 0.0691 e. The lowest BCUT2D eigenvalue weighted by Crippen LogP contribution is -2.28. The Morgan fingerprint density at radius 1 is 0.625 bits per heavy atom. The zero-order chi connectivity index (χ0) is 22.5. The molecule has 3 aliphatic carbocycles. The van der Waals surface area contributed by atoms with Crippen molar-refractivity contribution in [3.05, 3.63) is 112 Å². The Bertz CT molecular complexity index is 1280. The summed E-state index contributed by atoms with van der Waals surface area (Å²) in [5.74, 6) is 0. The van der Waals surface area contributed by atoms with E-state index < -0.39 is 0 Å². The Balaban J connectivity index is 1.77. The second-order valence-corrected chi connectivity index (χ2v) is 11.8. The van der Waals surface area contributed by atoms with E-state index in [1.54, 1.807) is 5.57 Å². The number of hydrogen-bond acceptors (Lipinski definition) is 0. The molecule has 1 spiro atoms. The average Bonchev–Trinajstić information content (AvgIpc) is 3.40. The van der Waals surface area contributed by atoms with E-state index in [0.29, 0.717) is 0 Å². The van der Waals surface area contributed by atoms with Crippen LogP contribution in [0.25, 0.3) is 16.7 Å². The highest BCUT2D eigenvalue weighted by Crippen LogP contribution is 2.64. The third-order valence-corrected chi connectivity index (χ3v) is 7.87. The largest absolute Gasteiger partial charge is 0.0798 e. The van der Waals surface area contributed by atoms with Crippen molar-refractivity contribution in [1.82, 2.24) is 0 Å². The normalized spacial score (nSPS) is 17.6. The molecule has 3 aromatic carbocycles. The van der Waals surface area contributed by atoms with Crippen LogP contribution in [0.1, 0.15) is 81.3 Å². The van der Waals surface area contributed by atoms with E-state index >= 15 is 0 Å². The van der Waals surface area contributed by atoms with Crippen molar-refractivity contribution in [3.63, 3.8) is 0 Å². The fourth-order valence-corrected chi connectivity index (χ4v) is 6.19. The van der Waals surface area contributed by atoms with Crippen molar-refractivity contribution in [2.45, 2.75) is 64.2 Å². The minimum atomic E-state index is -0.178. The summed E-state index contributed by atoms with van der Waals surface area (Å²) in [6, 6.07) is 23.7. The Hall–Kier alpha value is -2.86. The van der Waals surface area contributed by atoms with Crippen molar-refractivity contribution in [1.29, 1.82) is 0 Å². The second kappa shape index (κ2) is 6.13. The number of benzene rings is 3. The van der Waals surface area contributed by atoms with Gasteiger partial charge in [0.15, 0.2) is 0 Å². The van der Waals surface area contributed by atoms with Crippen LogP contribution in [0.5, 0.6) is 0 Å². The van der Waals surface area contributed by atoms with Crippen molar-refractivity contribution < 1.29 is 0 Å². The maximum absolute atomic E-state index is 2.52. The van der Waals surface area contributed by atoms with Crippen LogP contribution in [0.3, 0.4) is 0 Å². The molecule has 0 N–H and O–H groups in total. The molecule has 0 atom stereocenters. The molecule has 0 saturated carbocycles. The molecular formula is C32H32. The SMILES string of the molecule is CC(C)(C)c1ccc2c(c1)C1(C3=C(C=CC3)c3ccccc31)c1cc(C(C)(C)C)ccc1-2. The van der Waals surface area contributed by atoms with Crippen LogP contribution in [0.2, 0.25) is 0 Å². The minimum Gasteiger partial charge on any atom is -0.0798 e. The van der Waals surface area contributed by atoms with Crippen molar-refractivity contribution in [2.75, 3.05) is 0 Å². The zero-order valence-corrected chi connectivity index (χ0v) is 20.1. The third-order valence-electron chi connectivity index (χ3n) is 7.87. The first-order valence-electron chi connectivity index (χ1n) is 11.9. The Morgan fingerprint density at radius 3 is 1.75 bits per heavy atom. The summed E-state index contributed by atoms with van der Waals surface area (Å²) in [6.07, 6.45) is 5.76. The highest BCUT2D eigenvalue weighted by Gasteiger charge is 2.53. The number of hydrogen-bond donors (Lipinski definition) is 0. The lowest BCUT2D eigenvalue weighted by Gasteiger charge is -2.34. The first kappa shape index (κ1) is 19.8. The molecule has 3 aliphatic rings. The molecule has 0 heterocycles. The lowest BCUT2D eigenvalue weighted by atomic mass is 9.67. The summed E-state index contributed by atoms with van der Waals surface area (Å²) in [5, 5.41) is 0. The smallest absolute Gasteiger partial charge is 0.0691 e. The van der Waals surface area contributed by atoms with E-state index in [9.17, 15) is 0 Å². The van der Waals surface area contributed by atoms with Gasteiger partial charge in [-0.3, -0.25) is 0 Å². The minimum absolute atomic E-state index is 0.116. The van der Waals surface area contributed by atoms with Crippen LogP contribution in [0.4, 0.5) is 0 Å². The quantitative estimate of drug-likeness (QED) is 0.345. The van der Waals surface area contributed by atoms with Gasteiger partial charge in [-0.1, -0.05) is 114 Å². The van der Waals surface area contributed by atoms with Gasteiger partial charge in [-0.25, -0.2) is 0 Å². The molecule has 0 bridgehead atoms. The van der Waals surface area contributed by atoms with Gasteiger partial charge in [0, 0.05) is 0 Å². The first-order valence-corrected chi connectivity index (χ1v) is 11.9. The third kappa shape index (κ3) is 2.39. The fourth-order valence-electron chi connectivity index (χ4n) is 6.19. The van der Waals surface area contributed by atoms with E-state index in [-0.39, 0.29) is 16.2 Å². The number of rotatable bonds is 0. The summed E-state index contributed by atoms with van der Waals surface area (Å²) in [5.41, 5.74) is 14.5. The summed E-state index contributed by atoms with van der Waals surface area (Å²) in [4.78, 5) is 0. The van der Waals surface area contributed by atoms with Gasteiger partial charge in [-0.15, -0.1) is 0 Å². The molecule has 0 radical (unpaired) electrons. The molecule has 160 valence electrons. The lowest BCUT2D eigenvalue weighted by molar-refractivity contribution is 0.585. The van der Waals surface area contributed by atoms with Gasteiger partial charge in [0.1, 0.15) is 0 Å². The van der Waals surface area contributed by atoms with Crippen LogP contribution in [0.15, 0.2) is 78.4 Å². The molecule has 3 aromatic rings. The van der Waals surface area contributed by atoms with Crippen LogP contribution < -0.4 is 0 Å². The Labute approximate surface area is 192 Å². The van der Waals surface area contributed by atoms with Crippen LogP contribution in [0, 0.1) is 0 Å². The van der Waals surface area contributed by atoms with Crippen LogP contribution >= 0.6 is 0 Å². The summed E-state index contributed by atoms with van der Waals surface area (Å²) < 4.78 is 0. The Morgan fingerprint density at radius 2 is 1.19 bits per heavy atom. The van der Waals surface area contributed by atoms with Gasteiger partial charge in [0.25, 0.3) is 0 Å². The fraction of sp³-hybridized carbons (Fsp3) is 0.312. The van der Waals surface area contributed by atoms with Gasteiger partial charge in [0.2, 0.25) is 0 Å². The monoisotopic (exact) mass is 416 g/mol. The van der Waals surface area contributed by atoms with E-state index in [4.69, 9.17) is 0 Å². The van der Waals surface area contributed by atoms with Crippen molar-refractivity contribution in [3.8, 4) is 11.1 Å². The van der Waals surface area contributed by atoms with E-state index in [2.05, 4.69) is 114 Å². The summed E-state index contributed by atoms with van der Waals surface area (Å²) in [6.45, 7) is 14.0. The maximum atomic E-state index is 2.52.